The number of benzene rings is 1. The van der Waals surface area contributed by atoms with E-state index in [1.165, 1.54) is 19.2 Å². The molecular weight excluding hydrogens is 376 g/mol. The van der Waals surface area contributed by atoms with Crippen LogP contribution in [0.1, 0.15) is 22.2 Å². The molecule has 0 unspecified atom stereocenters. The number of anilines is 1. The van der Waals surface area contributed by atoms with E-state index in [-0.39, 0.29) is 28.6 Å². The quantitative estimate of drug-likeness (QED) is 0.724. The number of hydrogen-bond acceptors (Lipinski definition) is 6. The summed E-state index contributed by atoms with van der Waals surface area (Å²) in [6, 6.07) is 8.01. The smallest absolute Gasteiger partial charge is 0.325 e. The Morgan fingerprint density at radius 2 is 1.85 bits per heavy atom. The highest BCUT2D eigenvalue weighted by atomic mass is 32.2. The molecule has 1 amide bonds. The van der Waals surface area contributed by atoms with Crippen LogP contribution in [0.2, 0.25) is 0 Å². The number of nitrogens with zero attached hydrogens (tertiary/aromatic N) is 1. The normalized spacial score (nSPS) is 11.0. The molecule has 2 rings (SSSR count). The van der Waals surface area contributed by atoms with Crippen molar-refractivity contribution < 1.29 is 22.7 Å². The number of sulfonamides is 1. The van der Waals surface area contributed by atoms with Gasteiger partial charge in [0.1, 0.15) is 11.4 Å². The first-order valence-electron chi connectivity index (χ1n) is 7.84. The SMILES string of the molecule is CCOC(=O)CNC(=O)c1sccc1N(C)S(=O)(=O)c1ccc(C)cc1. The van der Waals surface area contributed by atoms with E-state index in [0.29, 0.717) is 0 Å². The summed E-state index contributed by atoms with van der Waals surface area (Å²) in [6.45, 7) is 3.47. The second-order valence-electron chi connectivity index (χ2n) is 5.41. The molecule has 0 saturated heterocycles. The summed E-state index contributed by atoms with van der Waals surface area (Å²) in [5.41, 5.74) is 1.19. The van der Waals surface area contributed by atoms with E-state index in [9.17, 15) is 18.0 Å². The third-order valence-corrected chi connectivity index (χ3v) is 6.26. The third-order valence-electron chi connectivity index (χ3n) is 3.57. The molecule has 1 heterocycles. The molecule has 0 spiro atoms. The zero-order valence-electron chi connectivity index (χ0n) is 14.7. The van der Waals surface area contributed by atoms with Gasteiger partial charge in [0.15, 0.2) is 0 Å². The topological polar surface area (TPSA) is 92.8 Å². The molecule has 0 bridgehead atoms. The summed E-state index contributed by atoms with van der Waals surface area (Å²) in [5, 5.41) is 4.06. The van der Waals surface area contributed by atoms with Gasteiger partial charge in [-0.2, -0.15) is 0 Å². The van der Waals surface area contributed by atoms with Gasteiger partial charge in [0, 0.05) is 7.05 Å². The van der Waals surface area contributed by atoms with Crippen LogP contribution in [0.5, 0.6) is 0 Å². The van der Waals surface area contributed by atoms with Gasteiger partial charge in [-0.15, -0.1) is 11.3 Å². The maximum Gasteiger partial charge on any atom is 0.325 e. The van der Waals surface area contributed by atoms with Gasteiger partial charge in [0.2, 0.25) is 0 Å². The minimum absolute atomic E-state index is 0.134. The highest BCUT2D eigenvalue weighted by molar-refractivity contribution is 7.92. The number of esters is 1. The summed E-state index contributed by atoms with van der Waals surface area (Å²) in [5.74, 6) is -1.09. The van der Waals surface area contributed by atoms with E-state index >= 15 is 0 Å². The van der Waals surface area contributed by atoms with E-state index in [1.807, 2.05) is 6.92 Å². The molecule has 0 fully saturated rings. The summed E-state index contributed by atoms with van der Waals surface area (Å²) < 4.78 is 31.4. The van der Waals surface area contributed by atoms with Gasteiger partial charge in [-0.05, 0) is 37.4 Å². The minimum Gasteiger partial charge on any atom is -0.465 e. The number of aryl methyl sites for hydroxylation is 1. The minimum atomic E-state index is -3.81. The molecular formula is C17H20N2O5S2. The highest BCUT2D eigenvalue weighted by Gasteiger charge is 2.26. The van der Waals surface area contributed by atoms with Gasteiger partial charge in [-0.25, -0.2) is 8.42 Å². The van der Waals surface area contributed by atoms with Gasteiger partial charge in [-0.3, -0.25) is 13.9 Å². The van der Waals surface area contributed by atoms with E-state index < -0.39 is 21.9 Å². The Bertz CT molecular complexity index is 888. The second kappa shape index (κ2) is 8.33. The van der Waals surface area contributed by atoms with Crippen LogP contribution in [0.3, 0.4) is 0 Å². The van der Waals surface area contributed by atoms with Gasteiger partial charge in [-0.1, -0.05) is 17.7 Å². The lowest BCUT2D eigenvalue weighted by atomic mass is 10.2. The standard InChI is InChI=1S/C17H20N2O5S2/c1-4-24-15(20)11-18-17(21)16-14(9-10-25-16)19(3)26(22,23)13-7-5-12(2)6-8-13/h5-10H,4,11H2,1-3H3,(H,18,21). The molecule has 0 atom stereocenters. The number of thiophene rings is 1. The van der Waals surface area contributed by atoms with Crippen molar-refractivity contribution in [2.45, 2.75) is 18.7 Å². The lowest BCUT2D eigenvalue weighted by Crippen LogP contribution is -2.32. The number of carbonyl (C=O) groups is 2. The second-order valence-corrected chi connectivity index (χ2v) is 8.29. The summed E-state index contributed by atoms with van der Waals surface area (Å²) in [4.78, 5) is 24.0. The van der Waals surface area contributed by atoms with Gasteiger partial charge < -0.3 is 10.1 Å². The molecule has 26 heavy (non-hydrogen) atoms. The fraction of sp³-hybridized carbons (Fsp3) is 0.294. The van der Waals surface area contributed by atoms with Crippen LogP contribution >= 0.6 is 11.3 Å². The van der Waals surface area contributed by atoms with Crippen molar-refractivity contribution in [3.8, 4) is 0 Å². The first-order valence-corrected chi connectivity index (χ1v) is 10.2. The molecule has 2 aromatic rings. The fourth-order valence-electron chi connectivity index (χ4n) is 2.16. The van der Waals surface area contributed by atoms with E-state index in [1.54, 1.807) is 30.5 Å². The molecule has 0 aliphatic rings. The van der Waals surface area contributed by atoms with Crippen LogP contribution in [-0.4, -0.2) is 40.5 Å². The lowest BCUT2D eigenvalue weighted by Gasteiger charge is -2.19. The molecule has 1 aromatic carbocycles. The molecule has 1 aromatic heterocycles. The van der Waals surface area contributed by atoms with Crippen molar-refractivity contribution in [2.75, 3.05) is 24.5 Å². The number of hydrogen-bond donors (Lipinski definition) is 1. The summed E-state index contributed by atoms with van der Waals surface area (Å²) in [6.07, 6.45) is 0. The van der Waals surface area contributed by atoms with E-state index in [2.05, 4.69) is 5.32 Å². The summed E-state index contributed by atoms with van der Waals surface area (Å²) in [7, 11) is -2.42. The van der Waals surface area contributed by atoms with E-state index in [4.69, 9.17) is 4.74 Å². The molecule has 140 valence electrons. The molecule has 0 radical (unpaired) electrons. The molecule has 0 saturated carbocycles. The number of carbonyl (C=O) groups excluding carboxylic acids is 2. The Balaban J connectivity index is 2.22. The largest absolute Gasteiger partial charge is 0.465 e. The van der Waals surface area contributed by atoms with Crippen molar-refractivity contribution in [3.63, 3.8) is 0 Å². The Labute approximate surface area is 156 Å². The van der Waals surface area contributed by atoms with Crippen molar-refractivity contribution in [3.05, 3.63) is 46.2 Å². The van der Waals surface area contributed by atoms with Crippen LogP contribution in [-0.2, 0) is 19.6 Å². The Morgan fingerprint density at radius 1 is 1.19 bits per heavy atom. The third kappa shape index (κ3) is 4.41. The molecule has 9 heteroatoms. The van der Waals surface area contributed by atoms with Gasteiger partial charge >= 0.3 is 5.97 Å². The lowest BCUT2D eigenvalue weighted by molar-refractivity contribution is -0.141. The number of rotatable bonds is 7. The predicted molar refractivity (Wildman–Crippen MR) is 100 cm³/mol. The monoisotopic (exact) mass is 396 g/mol. The van der Waals surface area contributed by atoms with Gasteiger partial charge in [0.05, 0.1) is 17.2 Å². The van der Waals surface area contributed by atoms with Crippen LogP contribution < -0.4 is 9.62 Å². The molecule has 0 aliphatic carbocycles. The Hall–Kier alpha value is -2.39. The number of amides is 1. The van der Waals surface area contributed by atoms with Crippen molar-refractivity contribution in [2.24, 2.45) is 0 Å². The molecule has 1 N–H and O–H groups in total. The maximum atomic E-state index is 12.8. The van der Waals surface area contributed by atoms with Crippen molar-refractivity contribution in [1.82, 2.24) is 5.32 Å². The Morgan fingerprint density at radius 3 is 2.46 bits per heavy atom. The maximum absolute atomic E-state index is 12.8. The highest BCUT2D eigenvalue weighted by Crippen LogP contribution is 2.29. The first kappa shape index (κ1) is 19.9. The average Bonchev–Trinajstić information content (AvgIpc) is 3.09. The van der Waals surface area contributed by atoms with Crippen LogP contribution in [0.15, 0.2) is 40.6 Å². The molecule has 0 aliphatic heterocycles. The first-order chi connectivity index (χ1) is 12.3. The van der Waals surface area contributed by atoms with Crippen molar-refractivity contribution >= 4 is 38.9 Å². The van der Waals surface area contributed by atoms with Crippen LogP contribution in [0, 0.1) is 6.92 Å². The van der Waals surface area contributed by atoms with E-state index in [0.717, 1.165) is 21.2 Å². The number of nitrogens with one attached hydrogen (secondary N) is 1. The number of ether oxygens (including phenoxy) is 1. The fourth-order valence-corrected chi connectivity index (χ4v) is 4.27. The average molecular weight is 396 g/mol. The summed E-state index contributed by atoms with van der Waals surface area (Å²) >= 11 is 1.09. The molecule has 7 nitrogen and oxygen atoms in total. The predicted octanol–water partition coefficient (Wildman–Crippen LogP) is 2.17. The van der Waals surface area contributed by atoms with Crippen molar-refractivity contribution in [1.29, 1.82) is 0 Å². The van der Waals surface area contributed by atoms with Crippen LogP contribution in [0.25, 0.3) is 0 Å². The zero-order chi connectivity index (χ0) is 19.3. The van der Waals surface area contributed by atoms with Crippen LogP contribution in [0.4, 0.5) is 5.69 Å². The Kier molecular flexibility index (Phi) is 6.38. The zero-order valence-corrected chi connectivity index (χ0v) is 16.3. The van der Waals surface area contributed by atoms with Gasteiger partial charge in [0.25, 0.3) is 15.9 Å².